The van der Waals surface area contributed by atoms with Crippen molar-refractivity contribution in [3.63, 3.8) is 0 Å². The molecule has 1 aromatic heterocycles. The van der Waals surface area contributed by atoms with E-state index in [1.807, 2.05) is 0 Å². The fourth-order valence-electron chi connectivity index (χ4n) is 5.58. The number of fused-ring (bicyclic) bond motifs is 1. The summed E-state index contributed by atoms with van der Waals surface area (Å²) in [6.07, 6.45) is 8.92. The topological polar surface area (TPSA) is 42.9 Å². The number of amides is 1. The number of piperidine rings is 1. The molecule has 5 rings (SSSR count). The molecule has 3 fully saturated rings. The lowest BCUT2D eigenvalue weighted by Gasteiger charge is -2.43. The monoisotopic (exact) mass is 411 g/mol. The van der Waals surface area contributed by atoms with E-state index >= 15 is 0 Å². The minimum Gasteiger partial charge on any atom is -0.354 e. The number of aromatic nitrogens is 1. The number of hydrogen-bond donors (Lipinski definition) is 0. The molecule has 164 valence electrons. The van der Waals surface area contributed by atoms with Gasteiger partial charge in [0.25, 0.3) is 0 Å². The summed E-state index contributed by atoms with van der Waals surface area (Å²) in [5.74, 6) is 1.45. The van der Waals surface area contributed by atoms with Gasteiger partial charge in [0, 0.05) is 70.0 Å². The second kappa shape index (κ2) is 8.83. The van der Waals surface area contributed by atoms with E-state index < -0.39 is 0 Å². The SMILES string of the molecule is CC1CCCCN1c1ccc2c(n1)CCN(CC(=O)N1CCN(C3CCC3)CC1)C2. The standard InChI is InChI=1S/C24H37N5O/c1-19-5-2-3-11-29(19)23-9-8-20-17-26(12-10-22(20)25-23)18-24(30)28-15-13-27(14-16-28)21-6-4-7-21/h8-9,19,21H,2-7,10-18H2,1H3. The van der Waals surface area contributed by atoms with Gasteiger partial charge in [-0.2, -0.15) is 0 Å². The van der Waals surface area contributed by atoms with Gasteiger partial charge < -0.3 is 9.80 Å². The molecule has 4 aliphatic rings. The Kier molecular flexibility index (Phi) is 5.96. The lowest BCUT2D eigenvalue weighted by atomic mass is 9.91. The minimum absolute atomic E-state index is 0.304. The minimum atomic E-state index is 0.304. The Morgan fingerprint density at radius 1 is 1.00 bits per heavy atom. The summed E-state index contributed by atoms with van der Waals surface area (Å²) in [5, 5.41) is 0. The van der Waals surface area contributed by atoms with Crippen LogP contribution in [0.1, 0.15) is 56.7 Å². The second-order valence-electron chi connectivity index (χ2n) is 9.78. The zero-order valence-electron chi connectivity index (χ0n) is 18.6. The van der Waals surface area contributed by atoms with Crippen LogP contribution in [0.2, 0.25) is 0 Å². The molecular formula is C24H37N5O. The van der Waals surface area contributed by atoms with E-state index in [1.54, 1.807) is 0 Å². The van der Waals surface area contributed by atoms with Gasteiger partial charge in [0.05, 0.1) is 6.54 Å². The molecule has 2 saturated heterocycles. The highest BCUT2D eigenvalue weighted by Gasteiger charge is 2.30. The molecule has 3 aliphatic heterocycles. The Morgan fingerprint density at radius 2 is 1.83 bits per heavy atom. The molecule has 4 heterocycles. The number of carbonyl (C=O) groups excluding carboxylic acids is 1. The molecule has 0 N–H and O–H groups in total. The van der Waals surface area contributed by atoms with Gasteiger partial charge in [-0.05, 0) is 50.7 Å². The van der Waals surface area contributed by atoms with E-state index in [-0.39, 0.29) is 0 Å². The molecule has 6 heteroatoms. The van der Waals surface area contributed by atoms with Crippen molar-refractivity contribution in [2.24, 2.45) is 0 Å². The lowest BCUT2D eigenvalue weighted by Crippen LogP contribution is -2.55. The number of piperazine rings is 1. The van der Waals surface area contributed by atoms with Crippen LogP contribution in [0.5, 0.6) is 0 Å². The number of anilines is 1. The van der Waals surface area contributed by atoms with Crippen LogP contribution in [0.4, 0.5) is 5.82 Å². The normalized spacial score (nSPS) is 26.4. The zero-order valence-corrected chi connectivity index (χ0v) is 18.6. The molecule has 0 radical (unpaired) electrons. The summed E-state index contributed by atoms with van der Waals surface area (Å²) >= 11 is 0. The van der Waals surface area contributed by atoms with E-state index in [0.29, 0.717) is 18.5 Å². The van der Waals surface area contributed by atoms with Gasteiger partial charge in [-0.25, -0.2) is 4.98 Å². The maximum atomic E-state index is 12.9. The molecule has 30 heavy (non-hydrogen) atoms. The summed E-state index contributed by atoms with van der Waals surface area (Å²) < 4.78 is 0. The summed E-state index contributed by atoms with van der Waals surface area (Å²) in [5.41, 5.74) is 2.54. The average Bonchev–Trinajstić information content (AvgIpc) is 2.73. The molecule has 1 atom stereocenters. The van der Waals surface area contributed by atoms with Crippen LogP contribution in [0.3, 0.4) is 0 Å². The predicted molar refractivity (Wildman–Crippen MR) is 120 cm³/mol. The van der Waals surface area contributed by atoms with Crippen molar-refractivity contribution in [1.82, 2.24) is 19.7 Å². The fourth-order valence-corrected chi connectivity index (χ4v) is 5.58. The third-order valence-corrected chi connectivity index (χ3v) is 7.83. The van der Waals surface area contributed by atoms with Crippen LogP contribution in [0.25, 0.3) is 0 Å². The van der Waals surface area contributed by atoms with Gasteiger partial charge in [0.15, 0.2) is 0 Å². The molecule has 0 spiro atoms. The Hall–Kier alpha value is -1.66. The van der Waals surface area contributed by atoms with Crippen molar-refractivity contribution >= 4 is 11.7 Å². The summed E-state index contributed by atoms with van der Waals surface area (Å²) in [6, 6.07) is 5.84. The van der Waals surface area contributed by atoms with Crippen LogP contribution in [0.15, 0.2) is 12.1 Å². The number of pyridine rings is 1. The number of hydrogen-bond acceptors (Lipinski definition) is 5. The van der Waals surface area contributed by atoms with Crippen molar-refractivity contribution in [3.05, 3.63) is 23.4 Å². The number of rotatable bonds is 4. The third kappa shape index (κ3) is 4.22. The van der Waals surface area contributed by atoms with Gasteiger partial charge in [0.2, 0.25) is 5.91 Å². The van der Waals surface area contributed by atoms with Crippen molar-refractivity contribution in [2.75, 3.05) is 50.7 Å². The highest BCUT2D eigenvalue weighted by atomic mass is 16.2. The van der Waals surface area contributed by atoms with Crippen molar-refractivity contribution in [2.45, 2.75) is 70.5 Å². The smallest absolute Gasteiger partial charge is 0.236 e. The largest absolute Gasteiger partial charge is 0.354 e. The van der Waals surface area contributed by atoms with Crippen molar-refractivity contribution < 1.29 is 4.79 Å². The summed E-state index contributed by atoms with van der Waals surface area (Å²) in [4.78, 5) is 27.4. The van der Waals surface area contributed by atoms with Gasteiger partial charge in [-0.1, -0.05) is 12.5 Å². The molecule has 1 aliphatic carbocycles. The van der Waals surface area contributed by atoms with Gasteiger partial charge in [-0.15, -0.1) is 0 Å². The Balaban J connectivity index is 1.14. The van der Waals surface area contributed by atoms with Crippen LogP contribution >= 0.6 is 0 Å². The van der Waals surface area contributed by atoms with Crippen molar-refractivity contribution in [3.8, 4) is 0 Å². The van der Waals surface area contributed by atoms with Crippen LogP contribution in [0, 0.1) is 0 Å². The Labute approximate surface area is 181 Å². The molecule has 1 saturated carbocycles. The molecule has 0 bridgehead atoms. The fraction of sp³-hybridized carbons (Fsp3) is 0.750. The van der Waals surface area contributed by atoms with E-state index in [1.165, 1.54) is 49.8 Å². The Bertz CT molecular complexity index is 756. The van der Waals surface area contributed by atoms with Crippen LogP contribution < -0.4 is 4.90 Å². The second-order valence-corrected chi connectivity index (χ2v) is 9.78. The highest BCUT2D eigenvalue weighted by molar-refractivity contribution is 5.78. The first-order chi connectivity index (χ1) is 14.7. The van der Waals surface area contributed by atoms with Gasteiger partial charge in [0.1, 0.15) is 5.82 Å². The molecule has 6 nitrogen and oxygen atoms in total. The summed E-state index contributed by atoms with van der Waals surface area (Å²) in [7, 11) is 0. The maximum absolute atomic E-state index is 12.9. The lowest BCUT2D eigenvalue weighted by molar-refractivity contribution is -0.135. The average molecular weight is 412 g/mol. The first-order valence-electron chi connectivity index (χ1n) is 12.2. The number of carbonyl (C=O) groups is 1. The number of nitrogens with zero attached hydrogens (tertiary/aromatic N) is 5. The first-order valence-corrected chi connectivity index (χ1v) is 12.2. The van der Waals surface area contributed by atoms with Crippen molar-refractivity contribution in [1.29, 1.82) is 0 Å². The van der Waals surface area contributed by atoms with E-state index in [2.05, 4.69) is 38.7 Å². The quantitative estimate of drug-likeness (QED) is 0.762. The molecule has 0 aromatic carbocycles. The van der Waals surface area contributed by atoms with E-state index in [9.17, 15) is 4.79 Å². The third-order valence-electron chi connectivity index (χ3n) is 7.83. The zero-order chi connectivity index (χ0) is 20.5. The van der Waals surface area contributed by atoms with E-state index in [4.69, 9.17) is 4.98 Å². The summed E-state index contributed by atoms with van der Waals surface area (Å²) in [6.45, 7) is 9.70. The van der Waals surface area contributed by atoms with E-state index in [0.717, 1.165) is 64.1 Å². The maximum Gasteiger partial charge on any atom is 0.236 e. The highest BCUT2D eigenvalue weighted by Crippen LogP contribution is 2.27. The Morgan fingerprint density at radius 3 is 2.57 bits per heavy atom. The van der Waals surface area contributed by atoms with Gasteiger partial charge in [-0.3, -0.25) is 14.6 Å². The first kappa shape index (κ1) is 20.3. The molecular weight excluding hydrogens is 374 g/mol. The molecule has 1 aromatic rings. The van der Waals surface area contributed by atoms with Gasteiger partial charge >= 0.3 is 0 Å². The van der Waals surface area contributed by atoms with Crippen LogP contribution in [-0.2, 0) is 17.8 Å². The molecule has 1 amide bonds. The molecule has 1 unspecified atom stereocenters. The van der Waals surface area contributed by atoms with Crippen LogP contribution in [-0.4, -0.2) is 83.5 Å². The predicted octanol–water partition coefficient (Wildman–Crippen LogP) is 2.52.